The van der Waals surface area contributed by atoms with E-state index in [0.29, 0.717) is 13.0 Å². The van der Waals surface area contributed by atoms with Gasteiger partial charge in [-0.05, 0) is 33.6 Å². The molecule has 0 radical (unpaired) electrons. The predicted molar refractivity (Wildman–Crippen MR) is 60.4 cm³/mol. The Morgan fingerprint density at radius 2 is 2.12 bits per heavy atom. The summed E-state index contributed by atoms with van der Waals surface area (Å²) in [6.07, 6.45) is 1.55. The largest absolute Gasteiger partial charge is 0.368 e. The summed E-state index contributed by atoms with van der Waals surface area (Å²) in [6.45, 7) is 6.23. The molecule has 0 aliphatic carbocycles. The van der Waals surface area contributed by atoms with Gasteiger partial charge in [-0.15, -0.1) is 0 Å². The van der Waals surface area contributed by atoms with Gasteiger partial charge in [0.15, 0.2) is 0 Å². The van der Waals surface area contributed by atoms with Crippen LogP contribution in [-0.4, -0.2) is 40.5 Å². The van der Waals surface area contributed by atoms with Crippen molar-refractivity contribution in [3.63, 3.8) is 0 Å². The van der Waals surface area contributed by atoms with Crippen LogP contribution in [0.5, 0.6) is 0 Å². The van der Waals surface area contributed by atoms with Crippen molar-refractivity contribution in [3.05, 3.63) is 0 Å². The fourth-order valence-corrected chi connectivity index (χ4v) is 1.91. The maximum Gasteiger partial charge on any atom is 0.234 e. The van der Waals surface area contributed by atoms with Crippen molar-refractivity contribution >= 4 is 5.91 Å². The number of carbonyl (C=O) groups is 1. The second kappa shape index (κ2) is 5.12. The number of aliphatic hydroxyl groups excluding tert-OH is 1. The number of likely N-dealkylation sites (tertiary alicyclic amines) is 1. The Balaban J connectivity index is 2.64. The number of nitrogens with two attached hydrogens (primary N) is 1. The van der Waals surface area contributed by atoms with Crippen molar-refractivity contribution in [1.82, 2.24) is 4.90 Å². The van der Waals surface area contributed by atoms with E-state index in [0.717, 1.165) is 12.8 Å². The molecular formula is C11H22N2O3. The summed E-state index contributed by atoms with van der Waals surface area (Å²) in [5, 5.41) is 9.92. The van der Waals surface area contributed by atoms with Gasteiger partial charge in [0.2, 0.25) is 12.3 Å². The Kier molecular flexibility index (Phi) is 4.29. The molecule has 16 heavy (non-hydrogen) atoms. The normalized spacial score (nSPS) is 25.4. The molecule has 0 aromatic heterocycles. The zero-order valence-electron chi connectivity index (χ0n) is 10.3. The maximum atomic E-state index is 11.2. The van der Waals surface area contributed by atoms with Crippen molar-refractivity contribution < 1.29 is 14.6 Å². The smallest absolute Gasteiger partial charge is 0.234 e. The van der Waals surface area contributed by atoms with Crippen molar-refractivity contribution in [2.75, 3.05) is 6.54 Å². The van der Waals surface area contributed by atoms with Crippen LogP contribution < -0.4 is 5.73 Å². The molecule has 5 heteroatoms. The van der Waals surface area contributed by atoms with Crippen LogP contribution in [0.2, 0.25) is 0 Å². The van der Waals surface area contributed by atoms with E-state index in [4.69, 9.17) is 10.5 Å². The molecule has 1 fully saturated rings. The van der Waals surface area contributed by atoms with Gasteiger partial charge in [-0.3, -0.25) is 4.79 Å². The molecular weight excluding hydrogens is 208 g/mol. The first-order valence-electron chi connectivity index (χ1n) is 5.72. The molecule has 1 saturated heterocycles. The lowest BCUT2D eigenvalue weighted by Gasteiger charge is -2.38. The molecule has 0 aromatic rings. The first kappa shape index (κ1) is 13.4. The van der Waals surface area contributed by atoms with E-state index in [1.54, 1.807) is 4.90 Å². The highest BCUT2D eigenvalue weighted by molar-refractivity contribution is 5.79. The lowest BCUT2D eigenvalue weighted by Crippen LogP contribution is -2.54. The highest BCUT2D eigenvalue weighted by Gasteiger charge is 2.33. The molecule has 1 aliphatic heterocycles. The topological polar surface area (TPSA) is 75.8 Å². The third-order valence-corrected chi connectivity index (χ3v) is 2.62. The summed E-state index contributed by atoms with van der Waals surface area (Å²) in [6, 6.07) is -0.411. The van der Waals surface area contributed by atoms with Crippen molar-refractivity contribution in [2.24, 2.45) is 5.73 Å². The number of amides is 1. The fraction of sp³-hybridized carbons (Fsp3) is 0.909. The van der Waals surface area contributed by atoms with Gasteiger partial charge >= 0.3 is 0 Å². The van der Waals surface area contributed by atoms with E-state index in [1.165, 1.54) is 0 Å². The summed E-state index contributed by atoms with van der Waals surface area (Å²) in [5.74, 6) is -0.392. The number of piperidine rings is 1. The van der Waals surface area contributed by atoms with Gasteiger partial charge in [0.05, 0.1) is 11.6 Å². The standard InChI is InChI=1S/C11H22N2O3/c1-11(2,3)16-10(15)13-7-5-4-6-8(13)9(12)14/h8,10,15H,4-7H2,1-3H3,(H2,12,14)/t8-,10?/m1/s1. The van der Waals surface area contributed by atoms with E-state index in [-0.39, 0.29) is 0 Å². The van der Waals surface area contributed by atoms with Gasteiger partial charge in [-0.2, -0.15) is 0 Å². The van der Waals surface area contributed by atoms with Crippen LogP contribution in [0, 0.1) is 0 Å². The van der Waals surface area contributed by atoms with Crippen LogP contribution in [0.4, 0.5) is 0 Å². The molecule has 1 heterocycles. The third-order valence-electron chi connectivity index (χ3n) is 2.62. The molecule has 0 bridgehead atoms. The number of primary amides is 1. The zero-order chi connectivity index (χ0) is 12.3. The van der Waals surface area contributed by atoms with Crippen molar-refractivity contribution in [3.8, 4) is 0 Å². The van der Waals surface area contributed by atoms with Gasteiger partial charge in [0, 0.05) is 6.54 Å². The van der Waals surface area contributed by atoms with Crippen LogP contribution >= 0.6 is 0 Å². The number of nitrogens with zero attached hydrogens (tertiary/aromatic N) is 1. The Bertz CT molecular complexity index is 250. The Hall–Kier alpha value is -0.650. The maximum absolute atomic E-state index is 11.2. The van der Waals surface area contributed by atoms with Crippen molar-refractivity contribution in [2.45, 2.75) is 58.1 Å². The number of carbonyl (C=O) groups excluding carboxylic acids is 1. The number of hydrogen-bond acceptors (Lipinski definition) is 4. The SMILES string of the molecule is CC(C)(C)OC(O)N1CCCC[C@@H]1C(N)=O. The van der Waals surface area contributed by atoms with Crippen molar-refractivity contribution in [1.29, 1.82) is 0 Å². The minimum absolute atomic E-state index is 0.392. The van der Waals surface area contributed by atoms with Crippen LogP contribution in [0.3, 0.4) is 0 Å². The minimum atomic E-state index is -1.06. The monoisotopic (exact) mass is 230 g/mol. The zero-order valence-corrected chi connectivity index (χ0v) is 10.3. The summed E-state index contributed by atoms with van der Waals surface area (Å²) in [5.41, 5.74) is 4.87. The molecule has 3 N–H and O–H groups in total. The van der Waals surface area contributed by atoms with Gasteiger partial charge < -0.3 is 15.6 Å². The molecule has 0 aromatic carbocycles. The first-order chi connectivity index (χ1) is 7.31. The molecule has 0 spiro atoms. The average Bonchev–Trinajstić information content (AvgIpc) is 2.15. The molecule has 1 rings (SSSR count). The summed E-state index contributed by atoms with van der Waals surface area (Å²) in [4.78, 5) is 12.9. The fourth-order valence-electron chi connectivity index (χ4n) is 1.91. The summed E-state index contributed by atoms with van der Waals surface area (Å²) in [7, 11) is 0. The molecule has 1 unspecified atom stereocenters. The van der Waals surface area contributed by atoms with Crippen LogP contribution in [0.15, 0.2) is 0 Å². The lowest BCUT2D eigenvalue weighted by atomic mass is 10.0. The van der Waals surface area contributed by atoms with E-state index < -0.39 is 24.0 Å². The number of ether oxygens (including phenoxy) is 1. The van der Waals surface area contributed by atoms with E-state index >= 15 is 0 Å². The predicted octanol–water partition coefficient (Wildman–Crippen LogP) is 0.417. The van der Waals surface area contributed by atoms with Crippen LogP contribution in [0.25, 0.3) is 0 Å². The minimum Gasteiger partial charge on any atom is -0.368 e. The molecule has 1 amide bonds. The molecule has 5 nitrogen and oxygen atoms in total. The number of aliphatic hydroxyl groups is 1. The van der Waals surface area contributed by atoms with Gasteiger partial charge in [0.1, 0.15) is 0 Å². The van der Waals surface area contributed by atoms with E-state index in [2.05, 4.69) is 0 Å². The van der Waals surface area contributed by atoms with E-state index in [1.807, 2.05) is 20.8 Å². The average molecular weight is 230 g/mol. The number of hydrogen-bond donors (Lipinski definition) is 2. The second-order valence-electron chi connectivity index (χ2n) is 5.21. The highest BCUT2D eigenvalue weighted by atomic mass is 16.6. The third kappa shape index (κ3) is 3.73. The van der Waals surface area contributed by atoms with Gasteiger partial charge in [0.25, 0.3) is 0 Å². The Morgan fingerprint density at radius 3 is 2.62 bits per heavy atom. The first-order valence-corrected chi connectivity index (χ1v) is 5.72. The number of rotatable bonds is 3. The summed E-state index contributed by atoms with van der Waals surface area (Å²) >= 11 is 0. The lowest BCUT2D eigenvalue weighted by molar-refractivity contribution is -0.250. The van der Waals surface area contributed by atoms with Crippen LogP contribution in [0.1, 0.15) is 40.0 Å². The summed E-state index contributed by atoms with van der Waals surface area (Å²) < 4.78 is 5.43. The molecule has 94 valence electrons. The van der Waals surface area contributed by atoms with E-state index in [9.17, 15) is 9.90 Å². The quantitative estimate of drug-likeness (QED) is 0.689. The molecule has 1 aliphatic rings. The molecule has 0 saturated carbocycles. The van der Waals surface area contributed by atoms with Crippen LogP contribution in [-0.2, 0) is 9.53 Å². The second-order valence-corrected chi connectivity index (χ2v) is 5.21. The molecule has 2 atom stereocenters. The highest BCUT2D eigenvalue weighted by Crippen LogP contribution is 2.21. The Morgan fingerprint density at radius 1 is 1.50 bits per heavy atom. The Labute approximate surface area is 96.6 Å². The van der Waals surface area contributed by atoms with Gasteiger partial charge in [-0.1, -0.05) is 6.42 Å². The van der Waals surface area contributed by atoms with Gasteiger partial charge in [-0.25, -0.2) is 4.90 Å².